The molecule has 1 aromatic rings. The van der Waals surface area contributed by atoms with E-state index >= 15 is 0 Å². The largest absolute Gasteiger partial charge is 0.465 e. The molecule has 1 aromatic heterocycles. The molecule has 0 aromatic carbocycles. The van der Waals surface area contributed by atoms with Crippen molar-refractivity contribution in [1.29, 1.82) is 0 Å². The second kappa shape index (κ2) is 5.08. The Balaban J connectivity index is 2.38. The quantitative estimate of drug-likeness (QED) is 0.818. The van der Waals surface area contributed by atoms with E-state index < -0.39 is 11.9 Å². The van der Waals surface area contributed by atoms with E-state index in [0.29, 0.717) is 17.0 Å². The van der Waals surface area contributed by atoms with Crippen LogP contribution in [-0.4, -0.2) is 32.2 Å². The molecule has 0 amide bonds. The minimum atomic E-state index is -0.556. The van der Waals surface area contributed by atoms with Gasteiger partial charge in [-0.15, -0.1) is 11.3 Å². The Morgan fingerprint density at radius 2 is 1.89 bits per heavy atom. The zero-order valence-corrected chi connectivity index (χ0v) is 11.8. The molecule has 6 nitrogen and oxygen atoms in total. The number of carbonyl (C=O) groups is 2. The van der Waals surface area contributed by atoms with Gasteiger partial charge in [-0.1, -0.05) is 6.92 Å². The number of nitrogen functional groups attached to an aromatic ring is 1. The van der Waals surface area contributed by atoms with E-state index in [1.54, 1.807) is 0 Å². The van der Waals surface area contributed by atoms with Crippen LogP contribution in [0.25, 0.3) is 0 Å². The highest BCUT2D eigenvalue weighted by Gasteiger charge is 2.35. The lowest BCUT2D eigenvalue weighted by molar-refractivity contribution is 0.0602. The van der Waals surface area contributed by atoms with E-state index in [1.165, 1.54) is 14.2 Å². The molecule has 0 aliphatic heterocycles. The third kappa shape index (κ3) is 2.51. The number of nitrogens with two attached hydrogens (primary N) is 1. The molecular formula is C12H16N2O4S. The standard InChI is InChI=1S/C12H16N2O4S/c1-5-4-6(5)14-10-7(11(15)17-2)8(13)9(19-10)12(16)18-3/h5-6,14H,4,13H2,1-3H3. The molecule has 104 valence electrons. The van der Waals surface area contributed by atoms with Crippen LogP contribution in [0.5, 0.6) is 0 Å². The predicted molar refractivity (Wildman–Crippen MR) is 72.6 cm³/mol. The van der Waals surface area contributed by atoms with Crippen LogP contribution in [-0.2, 0) is 9.47 Å². The summed E-state index contributed by atoms with van der Waals surface area (Å²) < 4.78 is 9.36. The number of esters is 2. The lowest BCUT2D eigenvalue weighted by atomic mass is 10.2. The number of carbonyl (C=O) groups excluding carboxylic acids is 2. The maximum atomic E-state index is 11.8. The van der Waals surface area contributed by atoms with Crippen LogP contribution >= 0.6 is 11.3 Å². The highest BCUT2D eigenvalue weighted by atomic mass is 32.1. The first-order chi connectivity index (χ1) is 8.99. The first-order valence-corrected chi connectivity index (χ1v) is 6.66. The summed E-state index contributed by atoms with van der Waals surface area (Å²) in [4.78, 5) is 23.6. The Kier molecular flexibility index (Phi) is 3.66. The number of methoxy groups -OCH3 is 2. The fourth-order valence-electron chi connectivity index (χ4n) is 1.79. The number of hydrogen-bond acceptors (Lipinski definition) is 7. The molecule has 1 saturated carbocycles. The van der Waals surface area contributed by atoms with Gasteiger partial charge in [-0.25, -0.2) is 9.59 Å². The van der Waals surface area contributed by atoms with Gasteiger partial charge in [-0.05, 0) is 12.3 Å². The Morgan fingerprint density at radius 3 is 2.37 bits per heavy atom. The number of hydrogen-bond donors (Lipinski definition) is 2. The topological polar surface area (TPSA) is 90.6 Å². The van der Waals surface area contributed by atoms with E-state index in [0.717, 1.165) is 17.8 Å². The lowest BCUT2D eigenvalue weighted by Crippen LogP contribution is -2.10. The van der Waals surface area contributed by atoms with Crippen LogP contribution in [0.4, 0.5) is 10.7 Å². The molecule has 2 unspecified atom stereocenters. The SMILES string of the molecule is COC(=O)c1sc(NC2CC2C)c(C(=O)OC)c1N. The van der Waals surface area contributed by atoms with E-state index in [2.05, 4.69) is 17.0 Å². The van der Waals surface area contributed by atoms with Gasteiger partial charge in [0.05, 0.1) is 19.9 Å². The van der Waals surface area contributed by atoms with Crippen LogP contribution in [0.15, 0.2) is 0 Å². The summed E-state index contributed by atoms with van der Waals surface area (Å²) in [5.74, 6) is -0.556. The number of anilines is 2. The van der Waals surface area contributed by atoms with Crippen molar-refractivity contribution in [3.63, 3.8) is 0 Å². The monoisotopic (exact) mass is 284 g/mol. The zero-order valence-electron chi connectivity index (χ0n) is 11.0. The Morgan fingerprint density at radius 1 is 1.32 bits per heavy atom. The summed E-state index contributed by atoms with van der Waals surface area (Å²) in [5, 5.41) is 3.79. The van der Waals surface area contributed by atoms with Gasteiger partial charge in [0.15, 0.2) is 0 Å². The van der Waals surface area contributed by atoms with E-state index in [1.807, 2.05) is 0 Å². The van der Waals surface area contributed by atoms with E-state index in [-0.39, 0.29) is 16.1 Å². The number of rotatable bonds is 4. The second-order valence-corrected chi connectivity index (χ2v) is 5.52. The maximum absolute atomic E-state index is 11.8. The molecule has 0 radical (unpaired) electrons. The van der Waals surface area contributed by atoms with Crippen molar-refractivity contribution in [2.24, 2.45) is 5.92 Å². The van der Waals surface area contributed by atoms with Crippen molar-refractivity contribution in [3.05, 3.63) is 10.4 Å². The number of ether oxygens (including phenoxy) is 2. The smallest absolute Gasteiger partial charge is 0.350 e. The lowest BCUT2D eigenvalue weighted by Gasteiger charge is -2.05. The molecule has 3 N–H and O–H groups in total. The first-order valence-electron chi connectivity index (χ1n) is 5.85. The van der Waals surface area contributed by atoms with Gasteiger partial charge in [0.1, 0.15) is 15.4 Å². The van der Waals surface area contributed by atoms with Gasteiger partial charge in [0.2, 0.25) is 0 Å². The molecule has 19 heavy (non-hydrogen) atoms. The van der Waals surface area contributed by atoms with Gasteiger partial charge in [0.25, 0.3) is 0 Å². The summed E-state index contributed by atoms with van der Waals surface area (Å²) in [6.07, 6.45) is 1.03. The fourth-order valence-corrected chi connectivity index (χ4v) is 2.87. The Bertz CT molecular complexity index is 526. The van der Waals surface area contributed by atoms with Crippen molar-refractivity contribution in [2.75, 3.05) is 25.3 Å². The maximum Gasteiger partial charge on any atom is 0.350 e. The minimum Gasteiger partial charge on any atom is -0.465 e. The number of thiophene rings is 1. The summed E-state index contributed by atoms with van der Waals surface area (Å²) >= 11 is 1.12. The molecular weight excluding hydrogens is 268 g/mol. The molecule has 0 spiro atoms. The van der Waals surface area contributed by atoms with Crippen molar-refractivity contribution in [3.8, 4) is 0 Å². The molecule has 1 aliphatic rings. The average molecular weight is 284 g/mol. The van der Waals surface area contributed by atoms with Crippen molar-refractivity contribution >= 4 is 34.0 Å². The molecule has 2 rings (SSSR count). The van der Waals surface area contributed by atoms with Gasteiger partial charge < -0.3 is 20.5 Å². The molecule has 1 aliphatic carbocycles. The van der Waals surface area contributed by atoms with Crippen LogP contribution in [0.3, 0.4) is 0 Å². The van der Waals surface area contributed by atoms with Crippen LogP contribution in [0.2, 0.25) is 0 Å². The molecule has 2 atom stereocenters. The van der Waals surface area contributed by atoms with E-state index in [4.69, 9.17) is 10.5 Å². The summed E-state index contributed by atoms with van der Waals surface area (Å²) in [6, 6.07) is 0.312. The molecule has 0 bridgehead atoms. The Hall–Kier alpha value is -1.76. The van der Waals surface area contributed by atoms with E-state index in [9.17, 15) is 9.59 Å². The van der Waals surface area contributed by atoms with Crippen molar-refractivity contribution in [2.45, 2.75) is 19.4 Å². The number of nitrogens with one attached hydrogen (secondary N) is 1. The highest BCUT2D eigenvalue weighted by Crippen LogP contribution is 2.41. The normalized spacial score (nSPS) is 20.8. The van der Waals surface area contributed by atoms with Crippen LogP contribution < -0.4 is 11.1 Å². The highest BCUT2D eigenvalue weighted by molar-refractivity contribution is 7.19. The van der Waals surface area contributed by atoms with Crippen LogP contribution in [0, 0.1) is 5.92 Å². The van der Waals surface area contributed by atoms with Crippen molar-refractivity contribution < 1.29 is 19.1 Å². The van der Waals surface area contributed by atoms with Gasteiger partial charge in [-0.3, -0.25) is 0 Å². The second-order valence-electron chi connectivity index (χ2n) is 4.50. The molecule has 1 fully saturated rings. The van der Waals surface area contributed by atoms with Crippen LogP contribution in [0.1, 0.15) is 33.4 Å². The fraction of sp³-hybridized carbons (Fsp3) is 0.500. The minimum absolute atomic E-state index is 0.111. The third-order valence-electron chi connectivity index (χ3n) is 3.13. The van der Waals surface area contributed by atoms with Crippen molar-refractivity contribution in [1.82, 2.24) is 0 Å². The van der Waals surface area contributed by atoms with Gasteiger partial charge in [0, 0.05) is 6.04 Å². The predicted octanol–water partition coefficient (Wildman–Crippen LogP) is 1.72. The molecule has 0 saturated heterocycles. The third-order valence-corrected chi connectivity index (χ3v) is 4.25. The van der Waals surface area contributed by atoms with Gasteiger partial charge in [-0.2, -0.15) is 0 Å². The molecule has 1 heterocycles. The Labute approximate surface area is 114 Å². The zero-order chi connectivity index (χ0) is 14.2. The van der Waals surface area contributed by atoms with Gasteiger partial charge >= 0.3 is 11.9 Å². The summed E-state index contributed by atoms with van der Waals surface area (Å²) in [7, 11) is 2.55. The summed E-state index contributed by atoms with van der Waals surface area (Å²) in [6.45, 7) is 2.10. The molecule has 7 heteroatoms. The summed E-state index contributed by atoms with van der Waals surface area (Å²) in [5.41, 5.74) is 6.18. The first kappa shape index (κ1) is 13.7. The average Bonchev–Trinajstić information content (AvgIpc) is 2.98.